The van der Waals surface area contributed by atoms with Gasteiger partial charge in [0.1, 0.15) is 0 Å². The Labute approximate surface area is 141 Å². The molecular formula is C21H29NO. The quantitative estimate of drug-likeness (QED) is 0.615. The molecular weight excluding hydrogens is 282 g/mol. The first-order valence-electron chi connectivity index (χ1n) is 8.99. The van der Waals surface area contributed by atoms with Crippen LogP contribution in [0, 0.1) is 17.2 Å². The van der Waals surface area contributed by atoms with Crippen LogP contribution < -0.4 is 0 Å². The Morgan fingerprint density at radius 3 is 2.48 bits per heavy atom. The van der Waals surface area contributed by atoms with Gasteiger partial charge >= 0.3 is 0 Å². The van der Waals surface area contributed by atoms with E-state index in [0.717, 1.165) is 24.5 Å². The largest absolute Gasteiger partial charge is 0.374 e. The standard InChI is InChI=1S/C21H29NO/c1-3-5-14-23-21(4-2)15-17-6-10-19(11-7-17)20-12-8-18(16-22)9-13-20/h3,5,8-9,12-13,17,19,21H,4,6-7,10-11,14-15H2,1-2H3/b5-3+. The molecule has 0 spiro atoms. The van der Waals surface area contributed by atoms with E-state index in [1.165, 1.54) is 37.7 Å². The molecule has 0 bridgehead atoms. The van der Waals surface area contributed by atoms with E-state index < -0.39 is 0 Å². The van der Waals surface area contributed by atoms with Gasteiger partial charge in [0.2, 0.25) is 0 Å². The molecule has 0 N–H and O–H groups in total. The summed E-state index contributed by atoms with van der Waals surface area (Å²) in [5.74, 6) is 1.48. The van der Waals surface area contributed by atoms with E-state index in [2.05, 4.69) is 37.3 Å². The van der Waals surface area contributed by atoms with Gasteiger partial charge in [-0.1, -0.05) is 31.2 Å². The molecule has 1 unspecified atom stereocenters. The fourth-order valence-corrected chi connectivity index (χ4v) is 3.57. The molecule has 23 heavy (non-hydrogen) atoms. The van der Waals surface area contributed by atoms with Crippen molar-refractivity contribution in [2.75, 3.05) is 6.61 Å². The van der Waals surface area contributed by atoms with Crippen LogP contribution in [0.25, 0.3) is 0 Å². The molecule has 1 aromatic rings. The van der Waals surface area contributed by atoms with Crippen LogP contribution in [-0.2, 0) is 4.74 Å². The molecule has 2 nitrogen and oxygen atoms in total. The van der Waals surface area contributed by atoms with E-state index in [1.54, 1.807) is 0 Å². The molecule has 0 heterocycles. The van der Waals surface area contributed by atoms with Gasteiger partial charge in [-0.15, -0.1) is 0 Å². The molecule has 1 aliphatic carbocycles. The number of hydrogen-bond acceptors (Lipinski definition) is 2. The number of rotatable bonds is 7. The minimum Gasteiger partial charge on any atom is -0.374 e. The second kappa shape index (κ2) is 9.53. The van der Waals surface area contributed by atoms with Crippen molar-refractivity contribution in [1.82, 2.24) is 0 Å². The van der Waals surface area contributed by atoms with Crippen molar-refractivity contribution >= 4 is 0 Å². The number of nitrogens with zero attached hydrogens (tertiary/aromatic N) is 1. The molecule has 0 saturated heterocycles. The van der Waals surface area contributed by atoms with Gasteiger partial charge in [0.25, 0.3) is 0 Å². The number of hydrogen-bond donors (Lipinski definition) is 0. The molecule has 0 aromatic heterocycles. The van der Waals surface area contributed by atoms with Crippen LogP contribution in [0.1, 0.15) is 69.4 Å². The highest BCUT2D eigenvalue weighted by Gasteiger charge is 2.24. The van der Waals surface area contributed by atoms with Crippen LogP contribution in [-0.4, -0.2) is 12.7 Å². The average molecular weight is 311 g/mol. The summed E-state index contributed by atoms with van der Waals surface area (Å²) in [6, 6.07) is 10.4. The van der Waals surface area contributed by atoms with Gasteiger partial charge in [-0.05, 0) is 75.0 Å². The van der Waals surface area contributed by atoms with Crippen molar-refractivity contribution in [2.45, 2.75) is 64.4 Å². The number of nitriles is 1. The van der Waals surface area contributed by atoms with Crippen LogP contribution in [0.5, 0.6) is 0 Å². The zero-order valence-electron chi connectivity index (χ0n) is 14.5. The lowest BCUT2D eigenvalue weighted by Crippen LogP contribution is -2.21. The highest BCUT2D eigenvalue weighted by molar-refractivity contribution is 5.33. The molecule has 1 saturated carbocycles. The van der Waals surface area contributed by atoms with Crippen molar-refractivity contribution in [3.63, 3.8) is 0 Å². The molecule has 2 heteroatoms. The Balaban J connectivity index is 1.79. The summed E-state index contributed by atoms with van der Waals surface area (Å²) in [4.78, 5) is 0. The second-order valence-corrected chi connectivity index (χ2v) is 6.62. The molecule has 1 atom stereocenters. The van der Waals surface area contributed by atoms with Crippen molar-refractivity contribution in [3.05, 3.63) is 47.5 Å². The Hall–Kier alpha value is -1.59. The zero-order chi connectivity index (χ0) is 16.5. The number of allylic oxidation sites excluding steroid dienone is 1. The number of ether oxygens (including phenoxy) is 1. The highest BCUT2D eigenvalue weighted by atomic mass is 16.5. The highest BCUT2D eigenvalue weighted by Crippen LogP contribution is 2.38. The fourth-order valence-electron chi connectivity index (χ4n) is 3.57. The second-order valence-electron chi connectivity index (χ2n) is 6.62. The fraction of sp³-hybridized carbons (Fsp3) is 0.571. The summed E-state index contributed by atoms with van der Waals surface area (Å²) in [6.07, 6.45) is 12.0. The normalized spacial score (nSPS) is 22.8. The van der Waals surface area contributed by atoms with Crippen LogP contribution in [0.4, 0.5) is 0 Å². The van der Waals surface area contributed by atoms with Crippen molar-refractivity contribution in [2.24, 2.45) is 5.92 Å². The van der Waals surface area contributed by atoms with Crippen LogP contribution in [0.15, 0.2) is 36.4 Å². The maximum atomic E-state index is 8.89. The molecule has 124 valence electrons. The van der Waals surface area contributed by atoms with E-state index in [1.807, 2.05) is 19.1 Å². The lowest BCUT2D eigenvalue weighted by molar-refractivity contribution is 0.0462. The topological polar surface area (TPSA) is 33.0 Å². The first kappa shape index (κ1) is 17.8. The van der Waals surface area contributed by atoms with Gasteiger partial charge in [0.05, 0.1) is 24.3 Å². The predicted molar refractivity (Wildman–Crippen MR) is 95.3 cm³/mol. The third-order valence-corrected chi connectivity index (χ3v) is 5.07. The third kappa shape index (κ3) is 5.52. The molecule has 0 radical (unpaired) electrons. The minimum absolute atomic E-state index is 0.405. The van der Waals surface area contributed by atoms with E-state index in [0.29, 0.717) is 12.0 Å². The maximum absolute atomic E-state index is 8.89. The lowest BCUT2D eigenvalue weighted by Gasteiger charge is -2.31. The first-order chi connectivity index (χ1) is 11.3. The van der Waals surface area contributed by atoms with Crippen molar-refractivity contribution < 1.29 is 4.74 Å². The summed E-state index contributed by atoms with van der Waals surface area (Å²) in [5, 5.41) is 8.89. The van der Waals surface area contributed by atoms with Crippen LogP contribution >= 0.6 is 0 Å². The molecule has 2 rings (SSSR count). The van der Waals surface area contributed by atoms with Gasteiger partial charge in [-0.3, -0.25) is 0 Å². The summed E-state index contributed by atoms with van der Waals surface area (Å²) in [7, 11) is 0. The Bertz CT molecular complexity index is 518. The Morgan fingerprint density at radius 2 is 1.91 bits per heavy atom. The first-order valence-corrected chi connectivity index (χ1v) is 8.99. The SMILES string of the molecule is C/C=C/COC(CC)CC1CCC(c2ccc(C#N)cc2)CC1. The average Bonchev–Trinajstić information content (AvgIpc) is 2.61. The van der Waals surface area contributed by atoms with Crippen molar-refractivity contribution in [3.8, 4) is 6.07 Å². The van der Waals surface area contributed by atoms with E-state index in [-0.39, 0.29) is 0 Å². The Kier molecular flexibility index (Phi) is 7.36. The smallest absolute Gasteiger partial charge is 0.0991 e. The van der Waals surface area contributed by atoms with E-state index >= 15 is 0 Å². The van der Waals surface area contributed by atoms with E-state index in [9.17, 15) is 0 Å². The predicted octanol–water partition coefficient (Wildman–Crippen LogP) is 5.59. The minimum atomic E-state index is 0.405. The van der Waals surface area contributed by atoms with Gasteiger partial charge in [0.15, 0.2) is 0 Å². The Morgan fingerprint density at radius 1 is 1.22 bits per heavy atom. The molecule has 1 aliphatic rings. The van der Waals surface area contributed by atoms with Gasteiger partial charge in [0, 0.05) is 0 Å². The maximum Gasteiger partial charge on any atom is 0.0991 e. The summed E-state index contributed by atoms with van der Waals surface area (Å²) in [5.41, 5.74) is 2.16. The summed E-state index contributed by atoms with van der Waals surface area (Å²) < 4.78 is 5.95. The lowest BCUT2D eigenvalue weighted by atomic mass is 9.76. The van der Waals surface area contributed by atoms with Gasteiger partial charge < -0.3 is 4.74 Å². The third-order valence-electron chi connectivity index (χ3n) is 5.07. The molecule has 0 amide bonds. The molecule has 1 fully saturated rings. The monoisotopic (exact) mass is 311 g/mol. The van der Waals surface area contributed by atoms with Gasteiger partial charge in [-0.2, -0.15) is 5.26 Å². The van der Waals surface area contributed by atoms with Crippen molar-refractivity contribution in [1.29, 1.82) is 5.26 Å². The van der Waals surface area contributed by atoms with E-state index in [4.69, 9.17) is 10.00 Å². The summed E-state index contributed by atoms with van der Waals surface area (Å²) in [6.45, 7) is 5.01. The summed E-state index contributed by atoms with van der Waals surface area (Å²) >= 11 is 0. The number of benzene rings is 1. The molecule has 0 aliphatic heterocycles. The van der Waals surface area contributed by atoms with Crippen LogP contribution in [0.3, 0.4) is 0 Å². The zero-order valence-corrected chi connectivity index (χ0v) is 14.5. The van der Waals surface area contributed by atoms with Crippen LogP contribution in [0.2, 0.25) is 0 Å². The molecule has 1 aromatic carbocycles. The van der Waals surface area contributed by atoms with Gasteiger partial charge in [-0.25, -0.2) is 0 Å².